The number of hydrazone groups is 1. The molecule has 36 heavy (non-hydrogen) atoms. The molecule has 1 saturated heterocycles. The minimum atomic E-state index is -0.490. The van der Waals surface area contributed by atoms with Crippen molar-refractivity contribution in [3.8, 4) is 0 Å². The number of urea groups is 1. The van der Waals surface area contributed by atoms with Crippen molar-refractivity contribution in [2.75, 3.05) is 45.2 Å². The van der Waals surface area contributed by atoms with Gasteiger partial charge in [-0.25, -0.2) is 24.2 Å². The van der Waals surface area contributed by atoms with E-state index in [0.717, 1.165) is 21.9 Å². The van der Waals surface area contributed by atoms with Crippen molar-refractivity contribution in [3.05, 3.63) is 47.2 Å². The Bertz CT molecular complexity index is 1180. The van der Waals surface area contributed by atoms with Crippen LogP contribution in [0.5, 0.6) is 0 Å². The van der Waals surface area contributed by atoms with Crippen LogP contribution < -0.4 is 20.8 Å². The van der Waals surface area contributed by atoms with Crippen LogP contribution in [-0.4, -0.2) is 75.5 Å². The molecular formula is C23H30FIN8OP2. The quantitative estimate of drug-likeness (QED) is 0.307. The highest BCUT2D eigenvalue weighted by molar-refractivity contribution is 14.1. The average Bonchev–Trinajstić information content (AvgIpc) is 3.34. The van der Waals surface area contributed by atoms with Crippen molar-refractivity contribution in [1.29, 1.82) is 0 Å². The fourth-order valence-corrected chi connectivity index (χ4v) is 5.53. The first-order valence-corrected chi connectivity index (χ1v) is 13.6. The lowest BCUT2D eigenvalue weighted by atomic mass is 10.0. The van der Waals surface area contributed by atoms with Crippen molar-refractivity contribution >= 4 is 75.8 Å². The van der Waals surface area contributed by atoms with E-state index in [0.29, 0.717) is 44.2 Å². The lowest BCUT2D eigenvalue weighted by molar-refractivity contribution is 0.139. The maximum atomic E-state index is 14.7. The van der Waals surface area contributed by atoms with Gasteiger partial charge in [-0.15, -0.1) is 18.5 Å². The Morgan fingerprint density at radius 1 is 1.19 bits per heavy atom. The summed E-state index contributed by atoms with van der Waals surface area (Å²) in [7, 11) is 9.06. The number of benzene rings is 1. The lowest BCUT2D eigenvalue weighted by Crippen LogP contribution is -2.52. The molecular weight excluding hydrogens is 612 g/mol. The largest absolute Gasteiger partial charge is 0.385 e. The van der Waals surface area contributed by atoms with Gasteiger partial charge in [-0.1, -0.05) is 0 Å². The third kappa shape index (κ3) is 5.73. The number of carbonyl (C=O) groups is 1. The van der Waals surface area contributed by atoms with Crippen molar-refractivity contribution in [2.24, 2.45) is 5.10 Å². The van der Waals surface area contributed by atoms with Crippen LogP contribution in [0.25, 0.3) is 5.70 Å². The fraction of sp³-hybridized carbons (Fsp3) is 0.391. The highest BCUT2D eigenvalue weighted by Gasteiger charge is 2.33. The molecule has 1 aromatic heterocycles. The summed E-state index contributed by atoms with van der Waals surface area (Å²) in [6, 6.07) is 5.97. The second kappa shape index (κ2) is 11.5. The molecule has 2 aliphatic heterocycles. The van der Waals surface area contributed by atoms with E-state index in [4.69, 9.17) is 0 Å². The maximum absolute atomic E-state index is 14.7. The first-order chi connectivity index (χ1) is 17.2. The number of nitrogens with one attached hydrogen (secondary N) is 1. The molecule has 2 aliphatic rings. The van der Waals surface area contributed by atoms with Crippen molar-refractivity contribution in [3.63, 3.8) is 0 Å². The van der Waals surface area contributed by atoms with Gasteiger partial charge in [0.2, 0.25) is 5.95 Å². The second-order valence-corrected chi connectivity index (χ2v) is 11.4. The van der Waals surface area contributed by atoms with E-state index in [-0.39, 0.29) is 17.8 Å². The third-order valence-electron chi connectivity index (χ3n) is 6.29. The van der Waals surface area contributed by atoms with Gasteiger partial charge in [-0.2, -0.15) is 5.10 Å². The van der Waals surface area contributed by atoms with E-state index in [1.165, 1.54) is 6.20 Å². The van der Waals surface area contributed by atoms with Gasteiger partial charge in [0.25, 0.3) is 0 Å². The van der Waals surface area contributed by atoms with Gasteiger partial charge in [-0.05, 0) is 41.3 Å². The van der Waals surface area contributed by atoms with E-state index < -0.39 is 5.82 Å². The molecule has 3 heterocycles. The molecule has 192 valence electrons. The molecule has 1 fully saturated rings. The number of halogens is 2. The van der Waals surface area contributed by atoms with Crippen LogP contribution in [-0.2, 0) is 0 Å². The molecule has 3 unspecified atom stereocenters. The standard InChI is InChI=1S/C23H30FIN8OP2/c1-14(30(3)25)20(26-2)21-18(24)13-27-22(29-21)31-6-8-32(9-7-31)23(34)33-19(4-5-28-33)15-10-16(35)12-17(36)11-15/h5,10-13,19,26H,4,6-9,35-36H2,1-3H3/b20-14-. The van der Waals surface area contributed by atoms with Gasteiger partial charge in [-0.3, -0.25) is 0 Å². The number of allylic oxidation sites excluding steroid dienone is 1. The zero-order chi connectivity index (χ0) is 26.0. The zero-order valence-corrected chi connectivity index (χ0v) is 24.9. The summed E-state index contributed by atoms with van der Waals surface area (Å²) in [5.74, 6) is -0.0481. The van der Waals surface area contributed by atoms with Crippen molar-refractivity contribution in [1.82, 2.24) is 28.3 Å². The number of rotatable bonds is 5. The Balaban J connectivity index is 1.46. The van der Waals surface area contributed by atoms with E-state index in [9.17, 15) is 9.18 Å². The van der Waals surface area contributed by atoms with Gasteiger partial charge in [0.15, 0.2) is 5.82 Å². The lowest BCUT2D eigenvalue weighted by Gasteiger charge is -2.37. The van der Waals surface area contributed by atoms with E-state index >= 15 is 0 Å². The Kier molecular flexibility index (Phi) is 8.63. The summed E-state index contributed by atoms with van der Waals surface area (Å²) in [5.41, 5.74) is 2.73. The Morgan fingerprint density at radius 3 is 2.47 bits per heavy atom. The number of nitrogens with zero attached hydrogens (tertiary/aromatic N) is 7. The van der Waals surface area contributed by atoms with Crippen LogP contribution in [0, 0.1) is 5.82 Å². The number of piperazine rings is 1. The molecule has 1 N–H and O–H groups in total. The molecule has 1 aromatic carbocycles. The van der Waals surface area contributed by atoms with Crippen LogP contribution in [0.1, 0.15) is 30.6 Å². The van der Waals surface area contributed by atoms with Crippen molar-refractivity contribution < 1.29 is 9.18 Å². The Labute approximate surface area is 229 Å². The van der Waals surface area contributed by atoms with Crippen LogP contribution in [0.3, 0.4) is 0 Å². The summed E-state index contributed by atoms with van der Waals surface area (Å²) in [6.45, 7) is 3.97. The third-order valence-corrected chi connectivity index (χ3v) is 7.68. The normalized spacial score (nSPS) is 18.4. The molecule has 0 aliphatic carbocycles. The predicted molar refractivity (Wildman–Crippen MR) is 157 cm³/mol. The monoisotopic (exact) mass is 642 g/mol. The van der Waals surface area contributed by atoms with Gasteiger partial charge in [0, 0.05) is 58.6 Å². The summed E-state index contributed by atoms with van der Waals surface area (Å²) in [5, 5.41) is 11.2. The van der Waals surface area contributed by atoms with Crippen LogP contribution in [0.2, 0.25) is 0 Å². The SMILES string of the molecule is CN/C(=C(/C)N(C)I)c1nc(N2CCN(C(=O)N3N=CCC3c3cc(P)cc(P)c3)CC2)ncc1F. The van der Waals surface area contributed by atoms with Crippen LogP contribution in [0.15, 0.2) is 35.2 Å². The first-order valence-electron chi connectivity index (χ1n) is 11.5. The number of carbonyl (C=O) groups excluding carboxylic acids is 1. The van der Waals surface area contributed by atoms with Crippen LogP contribution in [0.4, 0.5) is 15.1 Å². The van der Waals surface area contributed by atoms with Gasteiger partial charge in [0.1, 0.15) is 5.69 Å². The van der Waals surface area contributed by atoms with Gasteiger partial charge in [0.05, 0.1) is 40.8 Å². The number of hydrogen-bond acceptors (Lipinski definition) is 7. The fourth-order valence-electron chi connectivity index (χ4n) is 4.32. The minimum Gasteiger partial charge on any atom is -0.385 e. The molecule has 0 spiro atoms. The summed E-state index contributed by atoms with van der Waals surface area (Å²) in [4.78, 5) is 25.9. The smallest absolute Gasteiger partial charge is 0.341 e. The molecule has 4 rings (SSSR count). The second-order valence-electron chi connectivity index (χ2n) is 8.64. The van der Waals surface area contributed by atoms with Crippen molar-refractivity contribution in [2.45, 2.75) is 19.4 Å². The Hall–Kier alpha value is -2.10. The zero-order valence-electron chi connectivity index (χ0n) is 20.4. The van der Waals surface area contributed by atoms with Gasteiger partial charge >= 0.3 is 6.03 Å². The molecule has 0 bridgehead atoms. The molecule has 9 nitrogen and oxygen atoms in total. The minimum absolute atomic E-state index is 0.116. The summed E-state index contributed by atoms with van der Waals surface area (Å²) < 4.78 is 16.5. The number of hydrogen-bond donors (Lipinski definition) is 1. The highest BCUT2D eigenvalue weighted by Crippen LogP contribution is 2.29. The highest BCUT2D eigenvalue weighted by atomic mass is 127. The molecule has 2 aromatic rings. The van der Waals surface area contributed by atoms with Gasteiger partial charge < -0.3 is 18.2 Å². The van der Waals surface area contributed by atoms with E-state index in [2.05, 4.69) is 79.9 Å². The van der Waals surface area contributed by atoms with E-state index in [1.54, 1.807) is 23.2 Å². The molecule has 0 saturated carbocycles. The first kappa shape index (κ1) is 26.9. The molecule has 2 amide bonds. The average molecular weight is 642 g/mol. The predicted octanol–water partition coefficient (Wildman–Crippen LogP) is 2.48. The summed E-state index contributed by atoms with van der Waals surface area (Å²) in [6.07, 6.45) is 3.69. The van der Waals surface area contributed by atoms with E-state index in [1.807, 2.05) is 22.0 Å². The number of amides is 2. The topological polar surface area (TPSA) is 80.2 Å². The number of aromatic nitrogens is 2. The molecule has 3 atom stereocenters. The molecule has 0 radical (unpaired) electrons. The van der Waals surface area contributed by atoms with Crippen LogP contribution >= 0.6 is 41.3 Å². The number of anilines is 1. The Morgan fingerprint density at radius 2 is 1.86 bits per heavy atom. The summed E-state index contributed by atoms with van der Waals surface area (Å²) >= 11 is 2.14. The maximum Gasteiger partial charge on any atom is 0.341 e. The molecule has 13 heteroatoms.